The van der Waals surface area contributed by atoms with Crippen molar-refractivity contribution < 1.29 is 26.3 Å². The third-order valence-electron chi connectivity index (χ3n) is 14.9. The summed E-state index contributed by atoms with van der Waals surface area (Å²) in [5, 5.41) is 6.62. The highest BCUT2D eigenvalue weighted by Gasteiger charge is 2.33. The highest BCUT2D eigenvalue weighted by molar-refractivity contribution is 6.13. The van der Waals surface area contributed by atoms with Crippen LogP contribution in [0.15, 0.2) is 243 Å². The number of nitrogens with zero attached hydrogens (tertiary/aromatic N) is 4. The fourth-order valence-electron chi connectivity index (χ4n) is 11.4. The molecule has 0 aliphatic carbocycles. The molecule has 2 heterocycles. The standard InChI is InChI=1S/C68H40F6N4/c69-44-25-31-47(32-26-44)76-59-19-7-5-17-53(59)55-39-49(35-37-61(55)76)75(57-21-9-13-41-11-1-3-15-51(41)57)46-29-23-43(24-30-46)63-64(71)66(73)68(67(74)65(63)72)78(58-22-10-14-42-12-2-4-16-52(42)58)50-36-38-62-56(40-50)54-18-6-8-20-60(54)77(62)48-33-27-45(70)28-34-48/h1-40H. The fourth-order valence-corrected chi connectivity index (χ4v) is 11.4. The third-order valence-corrected chi connectivity index (χ3v) is 14.9. The molecule has 0 saturated heterocycles. The highest BCUT2D eigenvalue weighted by Crippen LogP contribution is 2.48. The molecule has 0 saturated carbocycles. The van der Waals surface area contributed by atoms with Crippen molar-refractivity contribution >= 4 is 99.3 Å². The topological polar surface area (TPSA) is 16.3 Å². The number of aromatic nitrogens is 2. The summed E-state index contributed by atoms with van der Waals surface area (Å²) in [6, 6.07) is 72.1. The molecule has 0 aliphatic heterocycles. The summed E-state index contributed by atoms with van der Waals surface area (Å²) in [5.74, 6) is -7.02. The smallest absolute Gasteiger partial charge is 0.186 e. The molecule has 0 amide bonds. The minimum absolute atomic E-state index is 0.0828. The van der Waals surface area contributed by atoms with Gasteiger partial charge in [0.15, 0.2) is 23.3 Å². The largest absolute Gasteiger partial charge is 0.310 e. The van der Waals surface area contributed by atoms with E-state index < -0.39 is 34.5 Å². The second-order valence-corrected chi connectivity index (χ2v) is 19.3. The van der Waals surface area contributed by atoms with Crippen molar-refractivity contribution in [3.05, 3.63) is 278 Å². The van der Waals surface area contributed by atoms with E-state index >= 15 is 17.6 Å². The molecule has 374 valence electrons. The zero-order chi connectivity index (χ0) is 52.8. The molecule has 0 bridgehead atoms. The van der Waals surface area contributed by atoms with Crippen LogP contribution >= 0.6 is 0 Å². The van der Waals surface area contributed by atoms with Crippen LogP contribution in [-0.4, -0.2) is 9.13 Å². The van der Waals surface area contributed by atoms with Crippen LogP contribution in [0.4, 0.5) is 60.5 Å². The van der Waals surface area contributed by atoms with Gasteiger partial charge < -0.3 is 18.9 Å². The molecule has 4 nitrogen and oxygen atoms in total. The van der Waals surface area contributed by atoms with Crippen molar-refractivity contribution in [1.29, 1.82) is 0 Å². The second-order valence-electron chi connectivity index (χ2n) is 19.3. The predicted octanol–water partition coefficient (Wildman–Crippen LogP) is 19.6. The molecule has 0 atom stereocenters. The van der Waals surface area contributed by atoms with Crippen molar-refractivity contribution in [3.63, 3.8) is 0 Å². The number of fused-ring (bicyclic) bond motifs is 8. The summed E-state index contributed by atoms with van der Waals surface area (Å²) in [6.45, 7) is 0. The molecule has 14 aromatic rings. The first kappa shape index (κ1) is 46.5. The van der Waals surface area contributed by atoms with Crippen LogP contribution in [0.25, 0.3) is 87.7 Å². The number of halogens is 6. The van der Waals surface area contributed by atoms with Gasteiger partial charge in [-0.05, 0) is 138 Å². The lowest BCUT2D eigenvalue weighted by molar-refractivity contribution is 0.461. The van der Waals surface area contributed by atoms with Crippen LogP contribution in [-0.2, 0) is 0 Å². The van der Waals surface area contributed by atoms with Crippen molar-refractivity contribution in [3.8, 4) is 22.5 Å². The molecule has 0 unspecified atom stereocenters. The Hall–Kier alpha value is -10.1. The van der Waals surface area contributed by atoms with Crippen LogP contribution in [0.1, 0.15) is 0 Å². The summed E-state index contributed by atoms with van der Waals surface area (Å²) in [5.41, 5.74) is 5.66. The van der Waals surface area contributed by atoms with Gasteiger partial charge in [-0.3, -0.25) is 0 Å². The molecule has 0 aliphatic rings. The van der Waals surface area contributed by atoms with E-state index in [0.717, 1.165) is 71.4 Å². The first-order valence-corrected chi connectivity index (χ1v) is 25.3. The first-order chi connectivity index (χ1) is 38.2. The maximum absolute atomic E-state index is 17.5. The molecule has 78 heavy (non-hydrogen) atoms. The van der Waals surface area contributed by atoms with Crippen LogP contribution in [0.2, 0.25) is 0 Å². The lowest BCUT2D eigenvalue weighted by Gasteiger charge is -2.29. The molecule has 14 rings (SSSR count). The minimum atomic E-state index is -1.58. The molecule has 2 aromatic heterocycles. The maximum atomic E-state index is 17.5. The Balaban J connectivity index is 0.917. The lowest BCUT2D eigenvalue weighted by atomic mass is 10.00. The van der Waals surface area contributed by atoms with Crippen LogP contribution in [0.3, 0.4) is 0 Å². The monoisotopic (exact) mass is 1030 g/mol. The summed E-state index contributed by atoms with van der Waals surface area (Å²) in [6.07, 6.45) is 0. The zero-order valence-corrected chi connectivity index (χ0v) is 41.2. The van der Waals surface area contributed by atoms with E-state index in [0.29, 0.717) is 22.1 Å². The molecule has 10 heteroatoms. The van der Waals surface area contributed by atoms with E-state index in [9.17, 15) is 8.78 Å². The Kier molecular flexibility index (Phi) is 10.9. The average molecular weight is 1030 g/mol. The van der Waals surface area contributed by atoms with Gasteiger partial charge in [0.25, 0.3) is 0 Å². The van der Waals surface area contributed by atoms with E-state index in [1.54, 1.807) is 78.9 Å². The average Bonchev–Trinajstić information content (AvgIpc) is 4.18. The van der Waals surface area contributed by atoms with E-state index in [4.69, 9.17) is 0 Å². The van der Waals surface area contributed by atoms with Gasteiger partial charge in [-0.15, -0.1) is 0 Å². The van der Waals surface area contributed by atoms with Gasteiger partial charge in [-0.25, -0.2) is 26.3 Å². The lowest BCUT2D eigenvalue weighted by Crippen LogP contribution is -2.17. The maximum Gasteiger partial charge on any atom is 0.186 e. The van der Waals surface area contributed by atoms with Gasteiger partial charge >= 0.3 is 0 Å². The van der Waals surface area contributed by atoms with Crippen molar-refractivity contribution in [2.45, 2.75) is 0 Å². The summed E-state index contributed by atoms with van der Waals surface area (Å²) in [4.78, 5) is 3.29. The normalized spacial score (nSPS) is 11.7. The van der Waals surface area contributed by atoms with Gasteiger partial charge in [0, 0.05) is 60.8 Å². The van der Waals surface area contributed by atoms with E-state index in [-0.39, 0.29) is 28.6 Å². The quantitative estimate of drug-likeness (QED) is 0.106. The van der Waals surface area contributed by atoms with E-state index in [2.05, 4.69) is 10.6 Å². The molecule has 0 N–H and O–H groups in total. The Labute approximate surface area is 442 Å². The zero-order valence-electron chi connectivity index (χ0n) is 41.2. The summed E-state index contributed by atoms with van der Waals surface area (Å²) < 4.78 is 102. The SMILES string of the molecule is Fc1ccc(-n2c3ccccc3c3cc(N(c4ccc(-c5c(F)c(F)c(N(c6ccc7c(c6)c6ccccc6n7-c6ccc(F)cc6)c6cccc7ccccc67)c(F)c5F)cc4)c4cccc5ccccc45)ccc32)cc1. The van der Waals surface area contributed by atoms with Gasteiger partial charge in [0.1, 0.15) is 17.3 Å². The molecule has 0 fully saturated rings. The summed E-state index contributed by atoms with van der Waals surface area (Å²) in [7, 11) is 0. The Morgan fingerprint density at radius 1 is 0.282 bits per heavy atom. The van der Waals surface area contributed by atoms with E-state index in [1.807, 2.05) is 131 Å². The number of para-hydroxylation sites is 2. The Bertz CT molecular complexity index is 4660. The van der Waals surface area contributed by atoms with Gasteiger partial charge in [-0.2, -0.15) is 0 Å². The minimum Gasteiger partial charge on any atom is -0.310 e. The second kappa shape index (κ2) is 18.4. The number of benzene rings is 12. The fraction of sp³-hybridized carbons (Fsp3) is 0. The Morgan fingerprint density at radius 2 is 0.667 bits per heavy atom. The number of rotatable bonds is 9. The van der Waals surface area contributed by atoms with E-state index in [1.165, 1.54) is 41.3 Å². The molecular weight excluding hydrogens is 987 g/mol. The van der Waals surface area contributed by atoms with Crippen molar-refractivity contribution in [1.82, 2.24) is 9.13 Å². The predicted molar refractivity (Wildman–Crippen MR) is 305 cm³/mol. The molecule has 0 radical (unpaired) electrons. The van der Waals surface area contributed by atoms with Crippen molar-refractivity contribution in [2.24, 2.45) is 0 Å². The third kappa shape index (κ3) is 7.39. The molecule has 12 aromatic carbocycles. The van der Waals surface area contributed by atoms with Gasteiger partial charge in [0.2, 0.25) is 0 Å². The van der Waals surface area contributed by atoms with Crippen LogP contribution in [0, 0.1) is 34.9 Å². The van der Waals surface area contributed by atoms with Crippen molar-refractivity contribution in [2.75, 3.05) is 9.80 Å². The highest BCUT2D eigenvalue weighted by atomic mass is 19.2. The summed E-state index contributed by atoms with van der Waals surface area (Å²) >= 11 is 0. The van der Waals surface area contributed by atoms with Crippen LogP contribution < -0.4 is 9.80 Å². The number of hydrogen-bond donors (Lipinski definition) is 0. The number of anilines is 6. The van der Waals surface area contributed by atoms with Gasteiger partial charge in [-0.1, -0.05) is 121 Å². The molecule has 0 spiro atoms. The van der Waals surface area contributed by atoms with Gasteiger partial charge in [0.05, 0.1) is 39.0 Å². The van der Waals surface area contributed by atoms with Crippen LogP contribution in [0.5, 0.6) is 0 Å². The first-order valence-electron chi connectivity index (χ1n) is 25.3. The molecular formula is C68H40F6N4. The number of hydrogen-bond acceptors (Lipinski definition) is 2. The Morgan fingerprint density at radius 3 is 1.15 bits per heavy atom.